The van der Waals surface area contributed by atoms with Crippen LogP contribution in [0, 0.1) is 5.92 Å². The van der Waals surface area contributed by atoms with E-state index in [2.05, 4.69) is 15.1 Å². The van der Waals surface area contributed by atoms with Gasteiger partial charge in [-0.3, -0.25) is 4.79 Å². The first kappa shape index (κ1) is 15.8. The molecule has 2 aromatic heterocycles. The Kier molecular flexibility index (Phi) is 4.81. The minimum absolute atomic E-state index is 0.0406. The molecule has 0 unspecified atom stereocenters. The van der Waals surface area contributed by atoms with E-state index in [1.807, 2.05) is 25.2 Å². The van der Waals surface area contributed by atoms with Crippen LogP contribution in [0.25, 0.3) is 0 Å². The zero-order valence-corrected chi connectivity index (χ0v) is 13.7. The van der Waals surface area contributed by atoms with Crippen LogP contribution in [0.2, 0.25) is 5.15 Å². The molecule has 1 fully saturated rings. The van der Waals surface area contributed by atoms with Crippen LogP contribution in [0.3, 0.4) is 0 Å². The summed E-state index contributed by atoms with van der Waals surface area (Å²) in [7, 11) is 1.81. The molecule has 23 heavy (non-hydrogen) atoms. The zero-order chi connectivity index (χ0) is 16.2. The Bertz CT molecular complexity index is 645. The van der Waals surface area contributed by atoms with Crippen LogP contribution in [0.15, 0.2) is 34.9 Å². The van der Waals surface area contributed by atoms with Gasteiger partial charge in [-0.05, 0) is 37.1 Å². The minimum Gasteiger partial charge on any atom is -0.467 e. The monoisotopic (exact) mass is 334 g/mol. The highest BCUT2D eigenvalue weighted by molar-refractivity contribution is 6.29. The fraction of sp³-hybridized carbons (Fsp3) is 0.438. The number of carbonyl (C=O) groups is 1. The molecule has 1 aliphatic rings. The van der Waals surface area contributed by atoms with Gasteiger partial charge in [0.25, 0.3) is 0 Å². The normalized spacial score (nSPS) is 18.0. The summed E-state index contributed by atoms with van der Waals surface area (Å²) in [5.41, 5.74) is 0. The fourth-order valence-corrected chi connectivity index (χ4v) is 2.99. The Morgan fingerprint density at radius 1 is 1.43 bits per heavy atom. The summed E-state index contributed by atoms with van der Waals surface area (Å²) >= 11 is 5.78. The largest absolute Gasteiger partial charge is 0.467 e. The number of anilines is 1. The average Bonchev–Trinajstić information content (AvgIpc) is 3.08. The molecule has 0 N–H and O–H groups in total. The van der Waals surface area contributed by atoms with Crippen molar-refractivity contribution in [3.05, 3.63) is 41.4 Å². The summed E-state index contributed by atoms with van der Waals surface area (Å²) in [6.45, 7) is 2.02. The summed E-state index contributed by atoms with van der Waals surface area (Å²) in [5.74, 6) is 1.65. The van der Waals surface area contributed by atoms with Gasteiger partial charge in [0.2, 0.25) is 5.91 Å². The number of halogens is 1. The van der Waals surface area contributed by atoms with Crippen LogP contribution >= 0.6 is 11.6 Å². The number of carbonyl (C=O) groups excluding carboxylic acids is 1. The Balaban J connectivity index is 1.63. The van der Waals surface area contributed by atoms with Gasteiger partial charge in [-0.15, -0.1) is 10.2 Å². The van der Waals surface area contributed by atoms with Crippen molar-refractivity contribution in [2.45, 2.75) is 19.4 Å². The third kappa shape index (κ3) is 3.82. The van der Waals surface area contributed by atoms with E-state index in [-0.39, 0.29) is 11.8 Å². The number of piperidine rings is 1. The first-order valence-electron chi connectivity index (χ1n) is 7.65. The molecule has 3 heterocycles. The highest BCUT2D eigenvalue weighted by Crippen LogP contribution is 2.23. The number of furan rings is 1. The lowest BCUT2D eigenvalue weighted by atomic mass is 9.96. The third-order valence-corrected chi connectivity index (χ3v) is 4.26. The van der Waals surface area contributed by atoms with Crippen LogP contribution < -0.4 is 4.90 Å². The van der Waals surface area contributed by atoms with Gasteiger partial charge in [0.05, 0.1) is 18.7 Å². The molecular weight excluding hydrogens is 316 g/mol. The van der Waals surface area contributed by atoms with Crippen molar-refractivity contribution in [1.29, 1.82) is 0 Å². The molecule has 0 radical (unpaired) electrons. The van der Waals surface area contributed by atoms with Gasteiger partial charge < -0.3 is 14.2 Å². The molecule has 1 aliphatic heterocycles. The summed E-state index contributed by atoms with van der Waals surface area (Å²) in [6, 6.07) is 7.27. The second kappa shape index (κ2) is 7.00. The number of rotatable bonds is 4. The first-order chi connectivity index (χ1) is 11.1. The molecule has 1 atom stereocenters. The summed E-state index contributed by atoms with van der Waals surface area (Å²) in [4.78, 5) is 16.5. The molecule has 2 aromatic rings. The Morgan fingerprint density at radius 3 is 3.00 bits per heavy atom. The number of aromatic nitrogens is 2. The van der Waals surface area contributed by atoms with E-state index >= 15 is 0 Å². The molecule has 0 bridgehead atoms. The molecule has 122 valence electrons. The second-order valence-electron chi connectivity index (χ2n) is 5.77. The molecule has 7 heteroatoms. The number of amides is 1. The number of hydrogen-bond donors (Lipinski definition) is 0. The maximum atomic E-state index is 12.7. The quantitative estimate of drug-likeness (QED) is 0.860. The molecular formula is C16H19ClN4O2. The second-order valence-corrected chi connectivity index (χ2v) is 6.16. The lowest BCUT2D eigenvalue weighted by molar-refractivity contribution is -0.135. The average molecular weight is 335 g/mol. The van der Waals surface area contributed by atoms with Crippen molar-refractivity contribution in [2.24, 2.45) is 5.92 Å². The van der Waals surface area contributed by atoms with Crippen LogP contribution in [0.1, 0.15) is 18.6 Å². The number of hydrogen-bond acceptors (Lipinski definition) is 5. The Labute approximate surface area is 140 Å². The predicted octanol–water partition coefficient (Wildman–Crippen LogP) is 2.60. The van der Waals surface area contributed by atoms with Crippen LogP contribution in [0.4, 0.5) is 5.82 Å². The summed E-state index contributed by atoms with van der Waals surface area (Å²) in [6.07, 6.45) is 3.46. The van der Waals surface area contributed by atoms with Gasteiger partial charge in [0.15, 0.2) is 11.0 Å². The Hall–Kier alpha value is -2.08. The highest BCUT2D eigenvalue weighted by atomic mass is 35.5. The molecule has 6 nitrogen and oxygen atoms in total. The van der Waals surface area contributed by atoms with Gasteiger partial charge in [-0.1, -0.05) is 11.6 Å². The van der Waals surface area contributed by atoms with Gasteiger partial charge in [0, 0.05) is 20.1 Å². The van der Waals surface area contributed by atoms with Crippen LogP contribution in [0.5, 0.6) is 0 Å². The minimum atomic E-state index is -0.0406. The zero-order valence-electron chi connectivity index (χ0n) is 13.0. The first-order valence-corrected chi connectivity index (χ1v) is 8.03. The Morgan fingerprint density at radius 2 is 2.30 bits per heavy atom. The van der Waals surface area contributed by atoms with Gasteiger partial charge in [-0.25, -0.2) is 0 Å². The predicted molar refractivity (Wildman–Crippen MR) is 87.2 cm³/mol. The van der Waals surface area contributed by atoms with Crippen molar-refractivity contribution < 1.29 is 9.21 Å². The maximum Gasteiger partial charge on any atom is 0.227 e. The number of nitrogens with zero attached hydrogens (tertiary/aromatic N) is 4. The van der Waals surface area contributed by atoms with Crippen LogP contribution in [-0.4, -0.2) is 41.1 Å². The molecule has 1 amide bonds. The SMILES string of the molecule is CN(Cc1ccco1)C(=O)[C@@H]1CCCN(c2ccc(Cl)nn2)C1. The van der Waals surface area contributed by atoms with Crippen molar-refractivity contribution in [3.8, 4) is 0 Å². The van der Waals surface area contributed by atoms with E-state index in [0.29, 0.717) is 18.2 Å². The fourth-order valence-electron chi connectivity index (χ4n) is 2.89. The summed E-state index contributed by atoms with van der Waals surface area (Å²) < 4.78 is 5.31. The molecule has 0 aliphatic carbocycles. The topological polar surface area (TPSA) is 62.5 Å². The van der Waals surface area contributed by atoms with E-state index in [9.17, 15) is 4.79 Å². The molecule has 3 rings (SSSR count). The molecule has 1 saturated heterocycles. The van der Waals surface area contributed by atoms with E-state index < -0.39 is 0 Å². The standard InChI is InChI=1S/C16H19ClN4O2/c1-20(11-13-5-3-9-23-13)16(22)12-4-2-8-21(10-12)15-7-6-14(17)18-19-15/h3,5-7,9,12H,2,4,8,10-11H2,1H3/t12-/m1/s1. The lowest BCUT2D eigenvalue weighted by Gasteiger charge is -2.34. The van der Waals surface area contributed by atoms with E-state index in [1.165, 1.54) is 0 Å². The molecule has 0 spiro atoms. The van der Waals surface area contributed by atoms with Crippen molar-refractivity contribution in [2.75, 3.05) is 25.0 Å². The van der Waals surface area contributed by atoms with Crippen LogP contribution in [-0.2, 0) is 11.3 Å². The highest BCUT2D eigenvalue weighted by Gasteiger charge is 2.29. The van der Waals surface area contributed by atoms with Crippen molar-refractivity contribution in [3.63, 3.8) is 0 Å². The van der Waals surface area contributed by atoms with Crippen molar-refractivity contribution in [1.82, 2.24) is 15.1 Å². The van der Waals surface area contributed by atoms with Gasteiger partial charge >= 0.3 is 0 Å². The van der Waals surface area contributed by atoms with Gasteiger partial charge in [-0.2, -0.15) is 0 Å². The summed E-state index contributed by atoms with van der Waals surface area (Å²) in [5, 5.41) is 8.35. The van der Waals surface area contributed by atoms with E-state index in [4.69, 9.17) is 16.0 Å². The van der Waals surface area contributed by atoms with E-state index in [1.54, 1.807) is 17.2 Å². The molecule has 0 aromatic carbocycles. The third-order valence-electron chi connectivity index (χ3n) is 4.06. The van der Waals surface area contributed by atoms with Crippen molar-refractivity contribution >= 4 is 23.3 Å². The molecule has 0 saturated carbocycles. The van der Waals surface area contributed by atoms with Gasteiger partial charge in [0.1, 0.15) is 5.76 Å². The lowest BCUT2D eigenvalue weighted by Crippen LogP contribution is -2.43. The smallest absolute Gasteiger partial charge is 0.227 e. The van der Waals surface area contributed by atoms with E-state index in [0.717, 1.165) is 31.0 Å². The maximum absolute atomic E-state index is 12.7.